The quantitative estimate of drug-likeness (QED) is 0.617. The highest BCUT2D eigenvalue weighted by Crippen LogP contribution is 2.13. The fourth-order valence-corrected chi connectivity index (χ4v) is 1.61. The maximum absolute atomic E-state index is 11.3. The number of nitrogens with two attached hydrogens (primary N) is 2. The number of nitrogen functional groups attached to an aromatic ring is 2. The van der Waals surface area contributed by atoms with E-state index in [1.54, 1.807) is 0 Å². The van der Waals surface area contributed by atoms with E-state index in [-0.39, 0.29) is 29.6 Å². The van der Waals surface area contributed by atoms with E-state index in [0.29, 0.717) is 5.16 Å². The molecular formula is C8H14N6OS. The Kier molecular flexibility index (Phi) is 4.29. The summed E-state index contributed by atoms with van der Waals surface area (Å²) >= 11 is 1.16. The first-order chi connectivity index (χ1) is 7.47. The van der Waals surface area contributed by atoms with E-state index < -0.39 is 0 Å². The van der Waals surface area contributed by atoms with Gasteiger partial charge in [0.15, 0.2) is 5.16 Å². The van der Waals surface area contributed by atoms with Crippen molar-refractivity contribution in [3.8, 4) is 0 Å². The summed E-state index contributed by atoms with van der Waals surface area (Å²) in [5.74, 6) is 0.247. The van der Waals surface area contributed by atoms with Crippen molar-refractivity contribution in [3.05, 3.63) is 0 Å². The molecule has 1 aromatic rings. The summed E-state index contributed by atoms with van der Waals surface area (Å²) in [5.41, 5.74) is 10.8. The third-order valence-electron chi connectivity index (χ3n) is 1.43. The Hall–Kier alpha value is -1.57. The molecule has 0 aliphatic carbocycles. The molecule has 0 spiro atoms. The molecule has 0 saturated carbocycles. The van der Waals surface area contributed by atoms with Gasteiger partial charge in [-0.1, -0.05) is 11.8 Å². The maximum Gasteiger partial charge on any atom is 0.230 e. The van der Waals surface area contributed by atoms with Crippen LogP contribution in [0, 0.1) is 0 Å². The molecule has 0 bridgehead atoms. The monoisotopic (exact) mass is 242 g/mol. The van der Waals surface area contributed by atoms with Crippen molar-refractivity contribution < 1.29 is 4.79 Å². The van der Waals surface area contributed by atoms with Gasteiger partial charge in [-0.05, 0) is 13.8 Å². The van der Waals surface area contributed by atoms with Gasteiger partial charge in [-0.3, -0.25) is 4.79 Å². The second-order valence-corrected chi connectivity index (χ2v) is 4.29. The van der Waals surface area contributed by atoms with Gasteiger partial charge in [0.1, 0.15) is 0 Å². The van der Waals surface area contributed by atoms with Crippen LogP contribution in [0.1, 0.15) is 13.8 Å². The molecule has 88 valence electrons. The maximum atomic E-state index is 11.3. The normalized spacial score (nSPS) is 10.4. The van der Waals surface area contributed by atoms with Gasteiger partial charge in [0, 0.05) is 6.04 Å². The van der Waals surface area contributed by atoms with Crippen LogP contribution in [-0.4, -0.2) is 32.7 Å². The largest absolute Gasteiger partial charge is 0.368 e. The molecule has 0 aliphatic rings. The molecular weight excluding hydrogens is 228 g/mol. The third kappa shape index (κ3) is 4.30. The highest BCUT2D eigenvalue weighted by Gasteiger charge is 2.07. The van der Waals surface area contributed by atoms with Gasteiger partial charge >= 0.3 is 0 Å². The minimum absolute atomic E-state index is 0.0549. The van der Waals surface area contributed by atoms with E-state index >= 15 is 0 Å². The number of carbonyl (C=O) groups excluding carboxylic acids is 1. The van der Waals surface area contributed by atoms with Crippen molar-refractivity contribution in [2.75, 3.05) is 17.2 Å². The molecule has 8 heteroatoms. The number of hydrogen-bond donors (Lipinski definition) is 3. The minimum atomic E-state index is -0.0856. The molecule has 0 aliphatic heterocycles. The van der Waals surface area contributed by atoms with E-state index in [1.807, 2.05) is 13.8 Å². The second kappa shape index (κ2) is 5.50. The summed E-state index contributed by atoms with van der Waals surface area (Å²) in [4.78, 5) is 22.6. The van der Waals surface area contributed by atoms with Crippen LogP contribution in [0.15, 0.2) is 5.16 Å². The lowest BCUT2D eigenvalue weighted by molar-refractivity contribution is -0.119. The molecule has 5 N–H and O–H groups in total. The van der Waals surface area contributed by atoms with Crippen LogP contribution in [0.25, 0.3) is 0 Å². The van der Waals surface area contributed by atoms with Crippen molar-refractivity contribution in [2.24, 2.45) is 0 Å². The summed E-state index contributed by atoms with van der Waals surface area (Å²) in [6, 6.07) is 0.113. The van der Waals surface area contributed by atoms with Crippen LogP contribution in [0.3, 0.4) is 0 Å². The zero-order valence-corrected chi connectivity index (χ0v) is 9.91. The molecule has 0 fully saturated rings. The van der Waals surface area contributed by atoms with E-state index in [2.05, 4.69) is 20.3 Å². The molecule has 16 heavy (non-hydrogen) atoms. The summed E-state index contributed by atoms with van der Waals surface area (Å²) in [5, 5.41) is 3.10. The van der Waals surface area contributed by atoms with Crippen molar-refractivity contribution in [3.63, 3.8) is 0 Å². The fourth-order valence-electron chi connectivity index (χ4n) is 0.947. The average Bonchev–Trinajstić information content (AvgIpc) is 2.12. The Morgan fingerprint density at radius 3 is 2.38 bits per heavy atom. The number of aromatic nitrogens is 3. The van der Waals surface area contributed by atoms with Gasteiger partial charge in [-0.15, -0.1) is 0 Å². The molecule has 0 unspecified atom stereocenters. The third-order valence-corrected chi connectivity index (χ3v) is 2.28. The van der Waals surface area contributed by atoms with Crippen molar-refractivity contribution >= 4 is 29.6 Å². The summed E-state index contributed by atoms with van der Waals surface area (Å²) < 4.78 is 0. The van der Waals surface area contributed by atoms with Gasteiger partial charge in [-0.2, -0.15) is 15.0 Å². The van der Waals surface area contributed by atoms with Gasteiger partial charge in [0.25, 0.3) is 0 Å². The van der Waals surface area contributed by atoms with Gasteiger partial charge in [0.05, 0.1) is 5.75 Å². The van der Waals surface area contributed by atoms with Crippen LogP contribution in [0.4, 0.5) is 11.9 Å². The smallest absolute Gasteiger partial charge is 0.230 e. The van der Waals surface area contributed by atoms with Gasteiger partial charge < -0.3 is 16.8 Å². The van der Waals surface area contributed by atoms with E-state index in [1.165, 1.54) is 0 Å². The Morgan fingerprint density at radius 2 is 1.88 bits per heavy atom. The highest BCUT2D eigenvalue weighted by atomic mass is 32.2. The molecule has 1 heterocycles. The predicted octanol–water partition coefficient (Wildman–Crippen LogP) is -0.347. The van der Waals surface area contributed by atoms with Crippen molar-refractivity contribution in [1.82, 2.24) is 20.3 Å². The van der Waals surface area contributed by atoms with E-state index in [4.69, 9.17) is 11.5 Å². The Bertz CT molecular complexity index is 363. The number of nitrogens with zero attached hydrogens (tertiary/aromatic N) is 3. The molecule has 7 nitrogen and oxygen atoms in total. The first-order valence-corrected chi connectivity index (χ1v) is 5.65. The minimum Gasteiger partial charge on any atom is -0.368 e. The highest BCUT2D eigenvalue weighted by molar-refractivity contribution is 7.99. The SMILES string of the molecule is CC(C)NC(=O)CSc1nc(N)nc(N)n1. The van der Waals surface area contributed by atoms with E-state index in [9.17, 15) is 4.79 Å². The summed E-state index contributed by atoms with van der Waals surface area (Å²) in [6.45, 7) is 3.78. The zero-order valence-electron chi connectivity index (χ0n) is 9.10. The number of anilines is 2. The molecule has 1 rings (SSSR count). The molecule has 0 aromatic carbocycles. The Labute approximate surface area is 97.4 Å². The predicted molar refractivity (Wildman–Crippen MR) is 62.7 cm³/mol. The fraction of sp³-hybridized carbons (Fsp3) is 0.500. The number of carbonyl (C=O) groups is 1. The van der Waals surface area contributed by atoms with Gasteiger partial charge in [-0.25, -0.2) is 0 Å². The molecule has 1 aromatic heterocycles. The average molecular weight is 242 g/mol. The number of rotatable bonds is 4. The van der Waals surface area contributed by atoms with Crippen LogP contribution < -0.4 is 16.8 Å². The summed E-state index contributed by atoms with van der Waals surface area (Å²) in [7, 11) is 0. The zero-order chi connectivity index (χ0) is 12.1. The van der Waals surface area contributed by atoms with Crippen LogP contribution in [-0.2, 0) is 4.79 Å². The van der Waals surface area contributed by atoms with Crippen LogP contribution in [0.5, 0.6) is 0 Å². The van der Waals surface area contributed by atoms with E-state index in [0.717, 1.165) is 11.8 Å². The number of hydrogen-bond acceptors (Lipinski definition) is 7. The van der Waals surface area contributed by atoms with Gasteiger partial charge in [0.2, 0.25) is 17.8 Å². The Balaban J connectivity index is 2.51. The first kappa shape index (κ1) is 12.5. The number of thioether (sulfide) groups is 1. The molecule has 1 amide bonds. The first-order valence-electron chi connectivity index (χ1n) is 4.66. The molecule has 0 radical (unpaired) electrons. The molecule has 0 atom stereocenters. The van der Waals surface area contributed by atoms with Crippen LogP contribution in [0.2, 0.25) is 0 Å². The lowest BCUT2D eigenvalue weighted by atomic mass is 10.4. The van der Waals surface area contributed by atoms with Crippen molar-refractivity contribution in [2.45, 2.75) is 25.0 Å². The topological polar surface area (TPSA) is 120 Å². The number of nitrogens with one attached hydrogen (secondary N) is 1. The summed E-state index contributed by atoms with van der Waals surface area (Å²) in [6.07, 6.45) is 0. The standard InChI is InChI=1S/C8H14N6OS/c1-4(2)11-5(15)3-16-8-13-6(9)12-7(10)14-8/h4H,3H2,1-2H3,(H,11,15)(H4,9,10,12,13,14). The van der Waals surface area contributed by atoms with Crippen molar-refractivity contribution in [1.29, 1.82) is 0 Å². The Morgan fingerprint density at radius 1 is 1.31 bits per heavy atom. The number of amides is 1. The second-order valence-electron chi connectivity index (χ2n) is 3.35. The lowest BCUT2D eigenvalue weighted by Gasteiger charge is -2.07. The molecule has 0 saturated heterocycles. The lowest BCUT2D eigenvalue weighted by Crippen LogP contribution is -2.31. The van der Waals surface area contributed by atoms with Crippen LogP contribution >= 0.6 is 11.8 Å².